The van der Waals surface area contributed by atoms with Crippen molar-refractivity contribution in [3.63, 3.8) is 0 Å². The molecular weight excluding hydrogens is 206 g/mol. The quantitative estimate of drug-likeness (QED) is 0.579. The molecule has 0 aliphatic rings. The molecule has 0 saturated carbocycles. The molecule has 1 nitrogen and oxygen atoms in total. The summed E-state index contributed by atoms with van der Waals surface area (Å²) in [4.78, 5) is 0. The summed E-state index contributed by atoms with van der Waals surface area (Å²) >= 11 is 0. The third kappa shape index (κ3) is 4.73. The van der Waals surface area contributed by atoms with Crippen molar-refractivity contribution < 1.29 is 0 Å². The number of allylic oxidation sites excluding steroid dienone is 1. The van der Waals surface area contributed by atoms with E-state index in [1.807, 2.05) is 0 Å². The lowest BCUT2D eigenvalue weighted by Gasteiger charge is -2.46. The SMILES string of the molecule is C=C(CCCCC)NC(C)(C)C(C)(C)C(C)C. The highest BCUT2D eigenvalue weighted by molar-refractivity contribution is 5.04. The first-order valence-electron chi connectivity index (χ1n) is 7.11. The summed E-state index contributed by atoms with van der Waals surface area (Å²) in [6.45, 7) is 20.3. The normalized spacial score (nSPS) is 12.9. The molecule has 1 heteroatoms. The smallest absolute Gasteiger partial charge is 0.0367 e. The number of nitrogens with one attached hydrogen (secondary N) is 1. The first-order valence-corrected chi connectivity index (χ1v) is 7.11. The first kappa shape index (κ1) is 16.5. The fraction of sp³-hybridized carbons (Fsp3) is 0.875. The minimum absolute atomic E-state index is 0.0878. The topological polar surface area (TPSA) is 12.0 Å². The van der Waals surface area contributed by atoms with E-state index in [9.17, 15) is 0 Å². The molecule has 0 atom stereocenters. The first-order chi connectivity index (χ1) is 7.65. The summed E-state index contributed by atoms with van der Waals surface area (Å²) in [5, 5.41) is 3.64. The molecule has 0 saturated heterocycles. The molecule has 0 amide bonds. The van der Waals surface area contributed by atoms with Crippen LogP contribution in [0.25, 0.3) is 0 Å². The third-order valence-electron chi connectivity index (χ3n) is 4.63. The predicted molar refractivity (Wildman–Crippen MR) is 79.1 cm³/mol. The molecule has 0 spiro atoms. The van der Waals surface area contributed by atoms with Crippen LogP contribution in [0.15, 0.2) is 12.3 Å². The van der Waals surface area contributed by atoms with E-state index in [-0.39, 0.29) is 11.0 Å². The highest BCUT2D eigenvalue weighted by Crippen LogP contribution is 2.38. The van der Waals surface area contributed by atoms with Crippen LogP contribution in [0.2, 0.25) is 0 Å². The Kier molecular flexibility index (Phi) is 6.29. The van der Waals surface area contributed by atoms with Gasteiger partial charge in [0.15, 0.2) is 0 Å². The summed E-state index contributed by atoms with van der Waals surface area (Å²) < 4.78 is 0. The zero-order valence-corrected chi connectivity index (χ0v) is 13.1. The largest absolute Gasteiger partial charge is 0.383 e. The average Bonchev–Trinajstić information content (AvgIpc) is 2.16. The van der Waals surface area contributed by atoms with Gasteiger partial charge in [0.05, 0.1) is 0 Å². The Balaban J connectivity index is 4.39. The predicted octanol–water partition coefficient (Wildman–Crippen LogP) is 5.13. The highest BCUT2D eigenvalue weighted by Gasteiger charge is 2.39. The van der Waals surface area contributed by atoms with Gasteiger partial charge in [0.25, 0.3) is 0 Å². The molecule has 0 aliphatic heterocycles. The molecule has 0 heterocycles. The van der Waals surface area contributed by atoms with Crippen molar-refractivity contribution in [2.24, 2.45) is 11.3 Å². The van der Waals surface area contributed by atoms with Gasteiger partial charge in [-0.1, -0.05) is 54.0 Å². The lowest BCUT2D eigenvalue weighted by Crippen LogP contribution is -2.53. The molecule has 0 fully saturated rings. The Hall–Kier alpha value is -0.460. The molecular formula is C16H33N. The van der Waals surface area contributed by atoms with Gasteiger partial charge in [0, 0.05) is 11.2 Å². The van der Waals surface area contributed by atoms with Gasteiger partial charge in [-0.25, -0.2) is 0 Å². The van der Waals surface area contributed by atoms with Crippen LogP contribution in [0.1, 0.15) is 74.1 Å². The molecule has 0 bridgehead atoms. The van der Waals surface area contributed by atoms with Crippen molar-refractivity contribution in [3.8, 4) is 0 Å². The average molecular weight is 239 g/mol. The third-order valence-corrected chi connectivity index (χ3v) is 4.63. The van der Waals surface area contributed by atoms with Crippen molar-refractivity contribution in [2.75, 3.05) is 0 Å². The Morgan fingerprint density at radius 3 is 2.06 bits per heavy atom. The fourth-order valence-corrected chi connectivity index (χ4v) is 1.98. The van der Waals surface area contributed by atoms with Crippen LogP contribution in [0.3, 0.4) is 0 Å². The van der Waals surface area contributed by atoms with E-state index in [1.54, 1.807) is 0 Å². The maximum absolute atomic E-state index is 4.17. The van der Waals surface area contributed by atoms with E-state index in [4.69, 9.17) is 0 Å². The van der Waals surface area contributed by atoms with Crippen molar-refractivity contribution >= 4 is 0 Å². The van der Waals surface area contributed by atoms with Crippen molar-refractivity contribution in [2.45, 2.75) is 79.7 Å². The number of hydrogen-bond donors (Lipinski definition) is 1. The van der Waals surface area contributed by atoms with Crippen molar-refractivity contribution in [3.05, 3.63) is 12.3 Å². The van der Waals surface area contributed by atoms with Crippen LogP contribution in [-0.2, 0) is 0 Å². The molecule has 0 radical (unpaired) electrons. The van der Waals surface area contributed by atoms with Gasteiger partial charge in [-0.15, -0.1) is 0 Å². The minimum Gasteiger partial charge on any atom is -0.383 e. The van der Waals surface area contributed by atoms with Crippen LogP contribution < -0.4 is 5.32 Å². The standard InChI is InChI=1S/C16H33N/c1-9-10-11-12-14(4)17-16(7,8)15(5,6)13(2)3/h13,17H,4,9-12H2,1-3,5-8H3. The van der Waals surface area contributed by atoms with Gasteiger partial charge in [-0.3, -0.25) is 0 Å². The van der Waals surface area contributed by atoms with Crippen LogP contribution in [0.5, 0.6) is 0 Å². The molecule has 0 aromatic rings. The number of rotatable bonds is 8. The lowest BCUT2D eigenvalue weighted by molar-refractivity contribution is 0.105. The molecule has 0 aromatic carbocycles. The molecule has 1 N–H and O–H groups in total. The monoisotopic (exact) mass is 239 g/mol. The number of hydrogen-bond acceptors (Lipinski definition) is 1. The zero-order valence-electron chi connectivity index (χ0n) is 13.1. The van der Waals surface area contributed by atoms with Crippen LogP contribution in [-0.4, -0.2) is 5.54 Å². The van der Waals surface area contributed by atoms with Gasteiger partial charge in [-0.05, 0) is 38.0 Å². The zero-order chi connectivity index (χ0) is 13.7. The molecule has 102 valence electrons. The van der Waals surface area contributed by atoms with E-state index < -0.39 is 0 Å². The summed E-state index contributed by atoms with van der Waals surface area (Å²) in [6.07, 6.45) is 4.93. The van der Waals surface area contributed by atoms with E-state index in [0.717, 1.165) is 6.42 Å². The number of unbranched alkanes of at least 4 members (excludes halogenated alkanes) is 2. The fourth-order valence-electron chi connectivity index (χ4n) is 1.98. The van der Waals surface area contributed by atoms with Gasteiger partial charge in [0.1, 0.15) is 0 Å². The molecule has 0 rings (SSSR count). The van der Waals surface area contributed by atoms with E-state index in [0.29, 0.717) is 5.92 Å². The summed E-state index contributed by atoms with van der Waals surface area (Å²) in [6, 6.07) is 0. The Bertz CT molecular complexity index is 236. The van der Waals surface area contributed by atoms with Crippen molar-refractivity contribution in [1.29, 1.82) is 0 Å². The Morgan fingerprint density at radius 1 is 1.12 bits per heavy atom. The minimum atomic E-state index is 0.0878. The molecule has 0 aromatic heterocycles. The Labute approximate surface area is 109 Å². The van der Waals surface area contributed by atoms with E-state index in [2.05, 4.69) is 60.4 Å². The highest BCUT2D eigenvalue weighted by atomic mass is 15.0. The van der Waals surface area contributed by atoms with Crippen LogP contribution >= 0.6 is 0 Å². The van der Waals surface area contributed by atoms with Gasteiger partial charge >= 0.3 is 0 Å². The van der Waals surface area contributed by atoms with Crippen LogP contribution in [0, 0.1) is 11.3 Å². The second-order valence-electron chi connectivity index (χ2n) is 6.69. The van der Waals surface area contributed by atoms with Crippen molar-refractivity contribution in [1.82, 2.24) is 5.32 Å². The summed E-state index contributed by atoms with van der Waals surface area (Å²) in [5.74, 6) is 0.647. The van der Waals surface area contributed by atoms with Crippen LogP contribution in [0.4, 0.5) is 0 Å². The van der Waals surface area contributed by atoms with Gasteiger partial charge < -0.3 is 5.32 Å². The summed E-state index contributed by atoms with van der Waals surface area (Å²) in [5.41, 5.74) is 1.53. The van der Waals surface area contributed by atoms with Gasteiger partial charge in [-0.2, -0.15) is 0 Å². The molecule has 0 aliphatic carbocycles. The van der Waals surface area contributed by atoms with E-state index in [1.165, 1.54) is 25.0 Å². The maximum atomic E-state index is 4.17. The molecule has 0 unspecified atom stereocenters. The Morgan fingerprint density at radius 2 is 1.65 bits per heavy atom. The maximum Gasteiger partial charge on any atom is 0.0367 e. The second kappa shape index (κ2) is 6.47. The summed E-state index contributed by atoms with van der Waals surface area (Å²) in [7, 11) is 0. The van der Waals surface area contributed by atoms with E-state index >= 15 is 0 Å². The van der Waals surface area contributed by atoms with Gasteiger partial charge in [0.2, 0.25) is 0 Å². The lowest BCUT2D eigenvalue weighted by atomic mass is 9.67. The molecule has 17 heavy (non-hydrogen) atoms. The second-order valence-corrected chi connectivity index (χ2v) is 6.69.